The Hall–Kier alpha value is -1.26. The summed E-state index contributed by atoms with van der Waals surface area (Å²) in [5.41, 5.74) is 0.737. The van der Waals surface area contributed by atoms with Crippen molar-refractivity contribution in [3.05, 3.63) is 28.8 Å². The van der Waals surface area contributed by atoms with E-state index < -0.39 is 5.97 Å². The molecule has 18 heavy (non-hydrogen) atoms. The minimum Gasteiger partial charge on any atom is -0.508 e. The maximum atomic E-state index is 11.0. The van der Waals surface area contributed by atoms with E-state index in [4.69, 9.17) is 16.7 Å². The first-order chi connectivity index (χ1) is 8.47. The van der Waals surface area contributed by atoms with E-state index in [1.165, 1.54) is 0 Å². The van der Waals surface area contributed by atoms with E-state index in [1.54, 1.807) is 18.2 Å². The quantitative estimate of drug-likeness (QED) is 0.883. The molecule has 0 spiro atoms. The van der Waals surface area contributed by atoms with E-state index >= 15 is 0 Å². The number of carboxylic acids is 1. The minimum absolute atomic E-state index is 0.129. The van der Waals surface area contributed by atoms with Crippen LogP contribution in [0.25, 0.3) is 0 Å². The fraction of sp³-hybridized carbons (Fsp3) is 0.462. The van der Waals surface area contributed by atoms with Crippen LogP contribution in [-0.2, 0) is 11.3 Å². The summed E-state index contributed by atoms with van der Waals surface area (Å²) in [7, 11) is 0. The monoisotopic (exact) mass is 269 g/mol. The number of phenolic OH excluding ortho intramolecular Hbond substituents is 1. The molecule has 1 heterocycles. The molecule has 98 valence electrons. The Morgan fingerprint density at radius 2 is 2.22 bits per heavy atom. The van der Waals surface area contributed by atoms with Crippen LogP contribution in [0.4, 0.5) is 0 Å². The van der Waals surface area contributed by atoms with E-state index in [2.05, 4.69) is 0 Å². The van der Waals surface area contributed by atoms with Gasteiger partial charge in [0.1, 0.15) is 5.75 Å². The number of carbonyl (C=O) groups is 1. The number of rotatable bonds is 3. The van der Waals surface area contributed by atoms with Gasteiger partial charge >= 0.3 is 5.97 Å². The second-order valence-corrected chi connectivity index (χ2v) is 5.33. The third-order valence-corrected chi connectivity index (χ3v) is 3.68. The average molecular weight is 270 g/mol. The highest BCUT2D eigenvalue weighted by Crippen LogP contribution is 2.28. The molecule has 1 aliphatic heterocycles. The van der Waals surface area contributed by atoms with Gasteiger partial charge < -0.3 is 10.2 Å². The van der Waals surface area contributed by atoms with Crippen molar-refractivity contribution in [1.29, 1.82) is 0 Å². The Morgan fingerprint density at radius 1 is 1.50 bits per heavy atom. The van der Waals surface area contributed by atoms with E-state index in [0.717, 1.165) is 12.1 Å². The van der Waals surface area contributed by atoms with Crippen LogP contribution in [-0.4, -0.2) is 34.2 Å². The molecule has 0 aliphatic carbocycles. The zero-order valence-electron chi connectivity index (χ0n) is 10.1. The molecular formula is C13H16ClNO3. The molecule has 2 rings (SSSR count). The van der Waals surface area contributed by atoms with E-state index in [9.17, 15) is 9.90 Å². The predicted molar refractivity (Wildman–Crippen MR) is 68.7 cm³/mol. The highest BCUT2D eigenvalue weighted by Gasteiger charge is 2.34. The zero-order chi connectivity index (χ0) is 13.3. The van der Waals surface area contributed by atoms with Crippen molar-refractivity contribution in [2.45, 2.75) is 13.5 Å². The topological polar surface area (TPSA) is 60.8 Å². The molecule has 2 N–H and O–H groups in total. The third-order valence-electron chi connectivity index (χ3n) is 3.44. The summed E-state index contributed by atoms with van der Waals surface area (Å²) in [5, 5.41) is 19.4. The molecule has 1 saturated heterocycles. The van der Waals surface area contributed by atoms with Crippen LogP contribution in [0.3, 0.4) is 0 Å². The molecule has 0 amide bonds. The second kappa shape index (κ2) is 5.16. The summed E-state index contributed by atoms with van der Waals surface area (Å²) < 4.78 is 0. The van der Waals surface area contributed by atoms with Crippen LogP contribution in [0.5, 0.6) is 5.75 Å². The van der Waals surface area contributed by atoms with Crippen LogP contribution in [0, 0.1) is 11.8 Å². The summed E-state index contributed by atoms with van der Waals surface area (Å²) in [5.74, 6) is -0.749. The van der Waals surface area contributed by atoms with Gasteiger partial charge in [0.25, 0.3) is 0 Å². The fourth-order valence-corrected chi connectivity index (χ4v) is 2.63. The van der Waals surface area contributed by atoms with Crippen molar-refractivity contribution in [2.75, 3.05) is 13.1 Å². The minimum atomic E-state index is -0.750. The number of hydrogen-bond acceptors (Lipinski definition) is 3. The predicted octanol–water partition coefficient (Wildman–Crippen LogP) is 2.20. The van der Waals surface area contributed by atoms with Crippen LogP contribution >= 0.6 is 11.6 Å². The number of aliphatic carboxylic acids is 1. The van der Waals surface area contributed by atoms with Crippen LogP contribution in [0.2, 0.25) is 5.02 Å². The van der Waals surface area contributed by atoms with E-state index in [0.29, 0.717) is 18.1 Å². The molecule has 1 aromatic carbocycles. The molecule has 4 nitrogen and oxygen atoms in total. The Labute approximate surface area is 111 Å². The van der Waals surface area contributed by atoms with Gasteiger partial charge in [-0.05, 0) is 24.1 Å². The number of nitrogens with zero attached hydrogens (tertiary/aromatic N) is 1. The molecule has 0 radical (unpaired) electrons. The molecule has 0 saturated carbocycles. The van der Waals surface area contributed by atoms with Gasteiger partial charge in [-0.15, -0.1) is 0 Å². The lowest BCUT2D eigenvalue weighted by atomic mass is 9.99. The van der Waals surface area contributed by atoms with Crippen molar-refractivity contribution in [3.63, 3.8) is 0 Å². The molecule has 2 atom stereocenters. The molecule has 1 aromatic rings. The first kappa shape index (κ1) is 13.2. The van der Waals surface area contributed by atoms with Gasteiger partial charge in [0, 0.05) is 30.2 Å². The van der Waals surface area contributed by atoms with Gasteiger partial charge in [0.2, 0.25) is 0 Å². The average Bonchev–Trinajstić information content (AvgIpc) is 2.65. The van der Waals surface area contributed by atoms with Gasteiger partial charge in [-0.3, -0.25) is 9.69 Å². The summed E-state index contributed by atoms with van der Waals surface area (Å²) in [6, 6.07) is 4.91. The first-order valence-electron chi connectivity index (χ1n) is 5.90. The zero-order valence-corrected chi connectivity index (χ0v) is 10.9. The number of carboxylic acid groups (broad SMARTS) is 1. The Balaban J connectivity index is 2.07. The fourth-order valence-electron chi connectivity index (χ4n) is 2.44. The summed E-state index contributed by atoms with van der Waals surface area (Å²) >= 11 is 5.89. The first-order valence-corrected chi connectivity index (χ1v) is 6.27. The van der Waals surface area contributed by atoms with Gasteiger partial charge in [-0.25, -0.2) is 0 Å². The molecule has 1 fully saturated rings. The highest BCUT2D eigenvalue weighted by atomic mass is 35.5. The maximum Gasteiger partial charge on any atom is 0.308 e. The molecule has 1 aliphatic rings. The number of halogens is 1. The van der Waals surface area contributed by atoms with Crippen molar-refractivity contribution in [1.82, 2.24) is 4.90 Å². The van der Waals surface area contributed by atoms with Gasteiger partial charge in [0.15, 0.2) is 0 Å². The molecule has 0 aromatic heterocycles. The van der Waals surface area contributed by atoms with Crippen molar-refractivity contribution in [2.24, 2.45) is 11.8 Å². The third kappa shape index (κ3) is 2.76. The number of benzene rings is 1. The van der Waals surface area contributed by atoms with Crippen molar-refractivity contribution in [3.8, 4) is 5.75 Å². The van der Waals surface area contributed by atoms with Crippen molar-refractivity contribution >= 4 is 17.6 Å². The number of phenols is 1. The molecule has 0 unspecified atom stereocenters. The lowest BCUT2D eigenvalue weighted by Crippen LogP contribution is -2.23. The van der Waals surface area contributed by atoms with Crippen LogP contribution in [0.15, 0.2) is 18.2 Å². The largest absolute Gasteiger partial charge is 0.508 e. The van der Waals surface area contributed by atoms with E-state index in [-0.39, 0.29) is 17.6 Å². The van der Waals surface area contributed by atoms with E-state index in [1.807, 2.05) is 11.8 Å². The number of aromatic hydroxyl groups is 1. The second-order valence-electron chi connectivity index (χ2n) is 4.89. The standard InChI is InChI=1S/C13H16ClNO3/c1-8-5-15(7-11(8)13(17)18)6-9-4-10(14)2-3-12(9)16/h2-4,8,11,16H,5-7H2,1H3,(H,17,18)/t8-,11-/m1/s1. The summed E-state index contributed by atoms with van der Waals surface area (Å²) in [4.78, 5) is 13.1. The number of hydrogen-bond donors (Lipinski definition) is 2. The van der Waals surface area contributed by atoms with Gasteiger partial charge in [-0.1, -0.05) is 18.5 Å². The smallest absolute Gasteiger partial charge is 0.308 e. The summed E-state index contributed by atoms with van der Waals surface area (Å²) in [6.07, 6.45) is 0. The van der Waals surface area contributed by atoms with Gasteiger partial charge in [-0.2, -0.15) is 0 Å². The lowest BCUT2D eigenvalue weighted by molar-refractivity contribution is -0.142. The van der Waals surface area contributed by atoms with Gasteiger partial charge in [0.05, 0.1) is 5.92 Å². The van der Waals surface area contributed by atoms with Crippen LogP contribution in [0.1, 0.15) is 12.5 Å². The summed E-state index contributed by atoms with van der Waals surface area (Å²) in [6.45, 7) is 3.71. The lowest BCUT2D eigenvalue weighted by Gasteiger charge is -2.16. The Bertz CT molecular complexity index is 464. The number of likely N-dealkylation sites (tertiary alicyclic amines) is 1. The molecule has 5 heteroatoms. The molecular weight excluding hydrogens is 254 g/mol. The SMILES string of the molecule is C[C@@H]1CN(Cc2cc(Cl)ccc2O)C[C@H]1C(=O)O. The molecule has 0 bridgehead atoms. The van der Waals surface area contributed by atoms with Crippen molar-refractivity contribution < 1.29 is 15.0 Å². The normalized spacial score (nSPS) is 24.3. The Morgan fingerprint density at radius 3 is 2.83 bits per heavy atom. The maximum absolute atomic E-state index is 11.0. The highest BCUT2D eigenvalue weighted by molar-refractivity contribution is 6.30. The Kier molecular flexibility index (Phi) is 3.78. The van der Waals surface area contributed by atoms with Crippen LogP contribution < -0.4 is 0 Å².